The third kappa shape index (κ3) is 4.26. The lowest BCUT2D eigenvalue weighted by molar-refractivity contribution is -0.140. The lowest BCUT2D eigenvalue weighted by atomic mass is 9.99. The van der Waals surface area contributed by atoms with Gasteiger partial charge in [-0.1, -0.05) is 26.3 Å². The van der Waals surface area contributed by atoms with E-state index < -0.39 is 17.9 Å². The predicted octanol–water partition coefficient (Wildman–Crippen LogP) is 2.31. The zero-order valence-corrected chi connectivity index (χ0v) is 12.1. The summed E-state index contributed by atoms with van der Waals surface area (Å²) >= 11 is 0. The number of carboxylic acid groups (broad SMARTS) is 1. The van der Waals surface area contributed by atoms with Gasteiger partial charge in [0.1, 0.15) is 11.8 Å². The van der Waals surface area contributed by atoms with Gasteiger partial charge in [0, 0.05) is 5.56 Å². The van der Waals surface area contributed by atoms with Crippen LogP contribution in [0.3, 0.4) is 0 Å². The van der Waals surface area contributed by atoms with Crippen molar-refractivity contribution >= 4 is 11.9 Å². The van der Waals surface area contributed by atoms with E-state index in [2.05, 4.69) is 5.32 Å². The molecule has 0 saturated carbocycles. The monoisotopic (exact) mass is 279 g/mol. The Balaban J connectivity index is 2.83. The number of ether oxygens (including phenoxy) is 1. The summed E-state index contributed by atoms with van der Waals surface area (Å²) in [6.45, 7) is 6.06. The number of carboxylic acids is 1. The van der Waals surface area contributed by atoms with E-state index in [-0.39, 0.29) is 5.92 Å². The molecule has 0 bridgehead atoms. The molecule has 0 spiro atoms. The average Bonchev–Trinajstić information content (AvgIpc) is 2.44. The van der Waals surface area contributed by atoms with Crippen LogP contribution in [-0.2, 0) is 4.79 Å². The Morgan fingerprint density at radius 2 is 2.05 bits per heavy atom. The molecule has 0 saturated heterocycles. The van der Waals surface area contributed by atoms with Gasteiger partial charge in [0.15, 0.2) is 0 Å². The fourth-order valence-electron chi connectivity index (χ4n) is 1.80. The molecule has 2 N–H and O–H groups in total. The van der Waals surface area contributed by atoms with Crippen LogP contribution in [0, 0.1) is 5.92 Å². The summed E-state index contributed by atoms with van der Waals surface area (Å²) in [5, 5.41) is 11.7. The number of rotatable bonds is 7. The fraction of sp³-hybridized carbons (Fsp3) is 0.467. The van der Waals surface area contributed by atoms with E-state index in [4.69, 9.17) is 9.84 Å². The van der Waals surface area contributed by atoms with Crippen LogP contribution in [0.1, 0.15) is 37.6 Å². The highest BCUT2D eigenvalue weighted by Gasteiger charge is 2.25. The summed E-state index contributed by atoms with van der Waals surface area (Å²) in [5.41, 5.74) is 0.394. The third-order valence-electron chi connectivity index (χ3n) is 3.17. The summed E-state index contributed by atoms with van der Waals surface area (Å²) in [6, 6.07) is 5.81. The number of carbonyl (C=O) groups is 2. The number of benzene rings is 1. The Bertz CT molecular complexity index is 473. The van der Waals surface area contributed by atoms with Gasteiger partial charge in [0.25, 0.3) is 5.91 Å². The molecule has 1 aromatic carbocycles. The van der Waals surface area contributed by atoms with Crippen LogP contribution < -0.4 is 10.1 Å². The maximum atomic E-state index is 12.1. The van der Waals surface area contributed by atoms with Gasteiger partial charge in [-0.15, -0.1) is 0 Å². The van der Waals surface area contributed by atoms with Crippen LogP contribution in [0.25, 0.3) is 0 Å². The number of nitrogens with one attached hydrogen (secondary N) is 1. The highest BCUT2D eigenvalue weighted by molar-refractivity contribution is 5.96. The van der Waals surface area contributed by atoms with Crippen LogP contribution in [-0.4, -0.2) is 29.6 Å². The Hall–Kier alpha value is -2.04. The maximum absolute atomic E-state index is 12.1. The topological polar surface area (TPSA) is 75.6 Å². The second kappa shape index (κ2) is 7.53. The maximum Gasteiger partial charge on any atom is 0.326 e. The first-order chi connectivity index (χ1) is 9.49. The molecule has 0 heterocycles. The molecule has 1 amide bonds. The highest BCUT2D eigenvalue weighted by Crippen LogP contribution is 2.14. The molecule has 0 aliphatic rings. The highest BCUT2D eigenvalue weighted by atomic mass is 16.5. The molecule has 0 fully saturated rings. The van der Waals surface area contributed by atoms with Crippen LogP contribution in [0.5, 0.6) is 5.75 Å². The van der Waals surface area contributed by atoms with Gasteiger partial charge in [-0.25, -0.2) is 4.79 Å². The summed E-state index contributed by atoms with van der Waals surface area (Å²) in [7, 11) is 0. The minimum Gasteiger partial charge on any atom is -0.494 e. The first kappa shape index (κ1) is 16.0. The van der Waals surface area contributed by atoms with Crippen LogP contribution in [0.2, 0.25) is 0 Å². The van der Waals surface area contributed by atoms with Crippen molar-refractivity contribution in [1.82, 2.24) is 5.32 Å². The van der Waals surface area contributed by atoms with Gasteiger partial charge >= 0.3 is 5.97 Å². The Morgan fingerprint density at radius 3 is 2.60 bits per heavy atom. The third-order valence-corrected chi connectivity index (χ3v) is 3.17. The minimum absolute atomic E-state index is 0.133. The number of carbonyl (C=O) groups excluding carboxylic acids is 1. The SMILES string of the molecule is CCOc1cccc(C(=O)N[C@H](C(=O)O)[C@@H](C)CC)c1. The zero-order chi connectivity index (χ0) is 15.1. The van der Waals surface area contributed by atoms with Gasteiger partial charge < -0.3 is 15.2 Å². The molecular weight excluding hydrogens is 258 g/mol. The Kier molecular flexibility index (Phi) is 6.03. The van der Waals surface area contributed by atoms with E-state index >= 15 is 0 Å². The molecule has 2 atom stereocenters. The average molecular weight is 279 g/mol. The summed E-state index contributed by atoms with van der Waals surface area (Å²) in [4.78, 5) is 23.3. The quantitative estimate of drug-likeness (QED) is 0.803. The molecule has 20 heavy (non-hydrogen) atoms. The first-order valence-corrected chi connectivity index (χ1v) is 6.76. The number of hydrogen-bond acceptors (Lipinski definition) is 3. The van der Waals surface area contributed by atoms with Crippen molar-refractivity contribution in [2.45, 2.75) is 33.2 Å². The molecule has 110 valence electrons. The molecule has 1 aromatic rings. The van der Waals surface area contributed by atoms with E-state index in [1.54, 1.807) is 31.2 Å². The molecule has 1 rings (SSSR count). The van der Waals surface area contributed by atoms with Crippen molar-refractivity contribution in [3.8, 4) is 5.75 Å². The number of amides is 1. The van der Waals surface area contributed by atoms with Crippen molar-refractivity contribution in [2.75, 3.05) is 6.61 Å². The van der Waals surface area contributed by atoms with E-state index in [0.29, 0.717) is 24.3 Å². The fourth-order valence-corrected chi connectivity index (χ4v) is 1.80. The van der Waals surface area contributed by atoms with Gasteiger partial charge in [0.2, 0.25) is 0 Å². The van der Waals surface area contributed by atoms with E-state index in [9.17, 15) is 9.59 Å². The normalized spacial score (nSPS) is 13.3. The first-order valence-electron chi connectivity index (χ1n) is 6.76. The summed E-state index contributed by atoms with van der Waals surface area (Å²) in [5.74, 6) is -0.963. The second-order valence-corrected chi connectivity index (χ2v) is 4.64. The summed E-state index contributed by atoms with van der Waals surface area (Å²) < 4.78 is 5.32. The van der Waals surface area contributed by atoms with Crippen molar-refractivity contribution < 1.29 is 19.4 Å². The number of aliphatic carboxylic acids is 1. The van der Waals surface area contributed by atoms with Crippen molar-refractivity contribution in [3.05, 3.63) is 29.8 Å². The smallest absolute Gasteiger partial charge is 0.326 e. The molecule has 0 aromatic heterocycles. The number of hydrogen-bond donors (Lipinski definition) is 2. The van der Waals surface area contributed by atoms with Gasteiger partial charge in [0.05, 0.1) is 6.61 Å². The summed E-state index contributed by atoms with van der Waals surface area (Å²) in [6.07, 6.45) is 0.677. The molecule has 0 unspecified atom stereocenters. The van der Waals surface area contributed by atoms with Gasteiger partial charge in [-0.3, -0.25) is 4.79 Å². The van der Waals surface area contributed by atoms with Crippen LogP contribution >= 0.6 is 0 Å². The van der Waals surface area contributed by atoms with E-state index in [1.165, 1.54) is 0 Å². The Labute approximate surface area is 118 Å². The van der Waals surface area contributed by atoms with Gasteiger partial charge in [-0.05, 0) is 31.0 Å². The standard InChI is InChI=1S/C15H21NO4/c1-4-10(3)13(15(18)19)16-14(17)11-7-6-8-12(9-11)20-5-2/h6-10,13H,4-5H2,1-3H3,(H,16,17)(H,18,19)/t10-,13-/m0/s1. The largest absolute Gasteiger partial charge is 0.494 e. The Morgan fingerprint density at radius 1 is 1.35 bits per heavy atom. The lowest BCUT2D eigenvalue weighted by Crippen LogP contribution is -2.45. The second-order valence-electron chi connectivity index (χ2n) is 4.64. The van der Waals surface area contributed by atoms with Crippen molar-refractivity contribution in [1.29, 1.82) is 0 Å². The van der Waals surface area contributed by atoms with E-state index in [1.807, 2.05) is 13.8 Å². The minimum atomic E-state index is -1.02. The van der Waals surface area contributed by atoms with Crippen LogP contribution in [0.15, 0.2) is 24.3 Å². The molecular formula is C15H21NO4. The van der Waals surface area contributed by atoms with Gasteiger partial charge in [-0.2, -0.15) is 0 Å². The zero-order valence-electron chi connectivity index (χ0n) is 12.1. The molecule has 0 aliphatic heterocycles. The van der Waals surface area contributed by atoms with E-state index in [0.717, 1.165) is 0 Å². The lowest BCUT2D eigenvalue weighted by Gasteiger charge is -2.20. The molecule has 0 radical (unpaired) electrons. The van der Waals surface area contributed by atoms with Crippen molar-refractivity contribution in [2.24, 2.45) is 5.92 Å². The van der Waals surface area contributed by atoms with Crippen LogP contribution in [0.4, 0.5) is 0 Å². The van der Waals surface area contributed by atoms with Crippen molar-refractivity contribution in [3.63, 3.8) is 0 Å². The predicted molar refractivity (Wildman–Crippen MR) is 76.0 cm³/mol. The molecule has 5 heteroatoms. The molecule has 0 aliphatic carbocycles. The molecule has 5 nitrogen and oxygen atoms in total.